The molecule has 8 nitrogen and oxygen atoms in total. The highest BCUT2D eigenvalue weighted by molar-refractivity contribution is 7.89. The van der Waals surface area contributed by atoms with Crippen LogP contribution in [0, 0.1) is 0 Å². The molecule has 0 bridgehead atoms. The minimum absolute atomic E-state index is 0.0139. The fourth-order valence-corrected chi connectivity index (χ4v) is 4.50. The molecular weight excluding hydrogens is 384 g/mol. The van der Waals surface area contributed by atoms with Crippen LogP contribution in [0.1, 0.15) is 33.1 Å². The SMILES string of the molecule is C/C=C/C(=O)OCC(=O)Nc1ccc(OCC)c(S(=O)(=O)N2CCCCC2)c1. The van der Waals surface area contributed by atoms with Gasteiger partial charge in [-0.15, -0.1) is 0 Å². The number of allylic oxidation sites excluding steroid dienone is 1. The van der Waals surface area contributed by atoms with Gasteiger partial charge in [0.2, 0.25) is 10.0 Å². The smallest absolute Gasteiger partial charge is 0.330 e. The largest absolute Gasteiger partial charge is 0.492 e. The third-order valence-corrected chi connectivity index (χ3v) is 6.03. The number of rotatable bonds is 8. The van der Waals surface area contributed by atoms with Gasteiger partial charge in [0, 0.05) is 24.9 Å². The number of carbonyl (C=O) groups is 2. The van der Waals surface area contributed by atoms with Gasteiger partial charge in [0.15, 0.2) is 6.61 Å². The van der Waals surface area contributed by atoms with Crippen molar-refractivity contribution in [2.75, 3.05) is 31.6 Å². The van der Waals surface area contributed by atoms with E-state index in [1.807, 2.05) is 0 Å². The lowest BCUT2D eigenvalue weighted by molar-refractivity contribution is -0.142. The molecule has 0 unspecified atom stereocenters. The lowest BCUT2D eigenvalue weighted by atomic mass is 10.2. The number of nitrogens with zero attached hydrogens (tertiary/aromatic N) is 1. The minimum Gasteiger partial charge on any atom is -0.492 e. The van der Waals surface area contributed by atoms with E-state index in [2.05, 4.69) is 5.32 Å². The number of sulfonamides is 1. The average Bonchev–Trinajstić information content (AvgIpc) is 2.68. The Bertz CT molecular complexity index is 829. The van der Waals surface area contributed by atoms with Crippen molar-refractivity contribution in [1.29, 1.82) is 0 Å². The maximum Gasteiger partial charge on any atom is 0.330 e. The van der Waals surface area contributed by atoms with Crippen LogP contribution in [-0.4, -0.2) is 50.9 Å². The van der Waals surface area contributed by atoms with Crippen LogP contribution in [0.25, 0.3) is 0 Å². The molecular formula is C19H26N2O6S. The summed E-state index contributed by atoms with van der Waals surface area (Å²) in [5.41, 5.74) is 0.283. The molecule has 0 aliphatic carbocycles. The van der Waals surface area contributed by atoms with E-state index in [0.717, 1.165) is 19.3 Å². The van der Waals surface area contributed by atoms with Gasteiger partial charge < -0.3 is 14.8 Å². The van der Waals surface area contributed by atoms with E-state index in [1.54, 1.807) is 19.9 Å². The van der Waals surface area contributed by atoms with Gasteiger partial charge in [-0.1, -0.05) is 12.5 Å². The standard InChI is InChI=1S/C19H26N2O6S/c1-3-8-19(23)27-14-18(22)20-15-9-10-16(26-4-2)17(13-15)28(24,25)21-11-6-5-7-12-21/h3,8-10,13H,4-7,11-12,14H2,1-2H3,(H,20,22)/b8-3+. The molecule has 2 rings (SSSR count). The van der Waals surface area contributed by atoms with Crippen LogP contribution < -0.4 is 10.1 Å². The molecule has 1 fully saturated rings. The van der Waals surface area contributed by atoms with Crippen molar-refractivity contribution in [1.82, 2.24) is 4.31 Å². The molecule has 0 radical (unpaired) electrons. The Balaban J connectivity index is 2.20. The highest BCUT2D eigenvalue weighted by Crippen LogP contribution is 2.31. The molecule has 1 amide bonds. The molecule has 9 heteroatoms. The Kier molecular flexibility index (Phi) is 8.01. The summed E-state index contributed by atoms with van der Waals surface area (Å²) < 4.78 is 37.8. The van der Waals surface area contributed by atoms with Crippen LogP contribution in [0.3, 0.4) is 0 Å². The maximum atomic E-state index is 13.1. The zero-order chi connectivity index (χ0) is 20.6. The first kappa shape index (κ1) is 21.9. The van der Waals surface area contributed by atoms with E-state index >= 15 is 0 Å². The van der Waals surface area contributed by atoms with Crippen molar-refractivity contribution in [3.8, 4) is 5.75 Å². The van der Waals surface area contributed by atoms with Crippen molar-refractivity contribution in [2.24, 2.45) is 0 Å². The summed E-state index contributed by atoms with van der Waals surface area (Å²) in [4.78, 5) is 23.3. The predicted octanol–water partition coefficient (Wildman–Crippen LogP) is 2.32. The molecule has 0 spiro atoms. The van der Waals surface area contributed by atoms with Crippen LogP contribution in [0.4, 0.5) is 5.69 Å². The summed E-state index contributed by atoms with van der Waals surface area (Å²) in [6, 6.07) is 4.44. The van der Waals surface area contributed by atoms with Crippen LogP contribution in [0.2, 0.25) is 0 Å². The third kappa shape index (κ3) is 5.80. The quantitative estimate of drug-likeness (QED) is 0.521. The average molecular weight is 410 g/mol. The molecule has 1 N–H and O–H groups in total. The maximum absolute atomic E-state index is 13.1. The normalized spacial score (nSPS) is 15.4. The van der Waals surface area contributed by atoms with E-state index in [9.17, 15) is 18.0 Å². The van der Waals surface area contributed by atoms with Crippen molar-refractivity contribution in [2.45, 2.75) is 38.0 Å². The van der Waals surface area contributed by atoms with Crippen molar-refractivity contribution in [3.05, 3.63) is 30.4 Å². The Morgan fingerprint density at radius 3 is 2.57 bits per heavy atom. The van der Waals surface area contributed by atoms with E-state index in [4.69, 9.17) is 9.47 Å². The van der Waals surface area contributed by atoms with E-state index < -0.39 is 28.5 Å². The molecule has 1 aromatic rings. The second-order valence-corrected chi connectivity index (χ2v) is 8.12. The van der Waals surface area contributed by atoms with Gasteiger partial charge in [0.1, 0.15) is 10.6 Å². The Morgan fingerprint density at radius 1 is 1.21 bits per heavy atom. The number of amides is 1. The highest BCUT2D eigenvalue weighted by atomic mass is 32.2. The van der Waals surface area contributed by atoms with Crippen LogP contribution in [-0.2, 0) is 24.3 Å². The Morgan fingerprint density at radius 2 is 1.93 bits per heavy atom. The number of carbonyl (C=O) groups excluding carboxylic acids is 2. The molecule has 1 heterocycles. The summed E-state index contributed by atoms with van der Waals surface area (Å²) in [5, 5.41) is 2.55. The lowest BCUT2D eigenvalue weighted by Crippen LogP contribution is -2.35. The second-order valence-electron chi connectivity index (χ2n) is 6.22. The number of benzene rings is 1. The number of ether oxygens (including phenoxy) is 2. The number of piperidine rings is 1. The summed E-state index contributed by atoms with van der Waals surface area (Å²) in [5.74, 6) is -0.952. The summed E-state index contributed by atoms with van der Waals surface area (Å²) in [6.45, 7) is 4.20. The molecule has 0 atom stereocenters. The van der Waals surface area contributed by atoms with Gasteiger partial charge in [0.25, 0.3) is 5.91 Å². The number of hydrogen-bond acceptors (Lipinski definition) is 6. The predicted molar refractivity (Wildman–Crippen MR) is 105 cm³/mol. The van der Waals surface area contributed by atoms with Crippen LogP contribution >= 0.6 is 0 Å². The van der Waals surface area contributed by atoms with E-state index in [-0.39, 0.29) is 16.3 Å². The summed E-state index contributed by atoms with van der Waals surface area (Å²) in [7, 11) is -3.74. The molecule has 1 aliphatic rings. The van der Waals surface area contributed by atoms with Crippen LogP contribution in [0.5, 0.6) is 5.75 Å². The molecule has 1 aromatic carbocycles. The fourth-order valence-electron chi connectivity index (χ4n) is 2.82. The van der Waals surface area contributed by atoms with Gasteiger partial charge >= 0.3 is 5.97 Å². The van der Waals surface area contributed by atoms with Crippen LogP contribution in [0.15, 0.2) is 35.2 Å². The lowest BCUT2D eigenvalue weighted by Gasteiger charge is -2.27. The number of nitrogens with one attached hydrogen (secondary N) is 1. The fraction of sp³-hybridized carbons (Fsp3) is 0.474. The number of esters is 1. The van der Waals surface area contributed by atoms with Crippen molar-refractivity contribution < 1.29 is 27.5 Å². The minimum atomic E-state index is -3.74. The molecule has 28 heavy (non-hydrogen) atoms. The van der Waals surface area contributed by atoms with Gasteiger partial charge in [-0.2, -0.15) is 4.31 Å². The van der Waals surface area contributed by atoms with Gasteiger partial charge in [0.05, 0.1) is 6.61 Å². The first-order chi connectivity index (χ1) is 13.4. The molecule has 1 aliphatic heterocycles. The number of hydrogen-bond donors (Lipinski definition) is 1. The molecule has 1 saturated heterocycles. The molecule has 0 saturated carbocycles. The van der Waals surface area contributed by atoms with E-state index in [0.29, 0.717) is 19.7 Å². The number of anilines is 1. The Labute approximate surface area is 165 Å². The van der Waals surface area contributed by atoms with Gasteiger partial charge in [-0.05, 0) is 44.9 Å². The zero-order valence-corrected chi connectivity index (χ0v) is 17.0. The summed E-state index contributed by atoms with van der Waals surface area (Å²) in [6.07, 6.45) is 5.35. The first-order valence-corrected chi connectivity index (χ1v) is 10.7. The third-order valence-electron chi connectivity index (χ3n) is 4.11. The topological polar surface area (TPSA) is 102 Å². The second kappa shape index (κ2) is 10.2. The molecule has 0 aromatic heterocycles. The molecule has 154 valence electrons. The van der Waals surface area contributed by atoms with Crippen molar-refractivity contribution >= 4 is 27.6 Å². The first-order valence-electron chi connectivity index (χ1n) is 9.24. The highest BCUT2D eigenvalue weighted by Gasteiger charge is 2.29. The van der Waals surface area contributed by atoms with E-state index in [1.165, 1.54) is 28.6 Å². The van der Waals surface area contributed by atoms with Gasteiger partial charge in [-0.3, -0.25) is 4.79 Å². The van der Waals surface area contributed by atoms with Gasteiger partial charge in [-0.25, -0.2) is 13.2 Å². The summed E-state index contributed by atoms with van der Waals surface area (Å²) >= 11 is 0. The monoisotopic (exact) mass is 410 g/mol. The Hall–Kier alpha value is -2.39. The van der Waals surface area contributed by atoms with Crippen molar-refractivity contribution in [3.63, 3.8) is 0 Å². The zero-order valence-electron chi connectivity index (χ0n) is 16.1.